The van der Waals surface area contributed by atoms with Crippen LogP contribution >= 0.6 is 0 Å². The second kappa shape index (κ2) is 9.35. The number of ether oxygens (including phenoxy) is 1. The second-order valence-electron chi connectivity index (χ2n) is 7.32. The summed E-state index contributed by atoms with van der Waals surface area (Å²) in [6.07, 6.45) is 2.13. The number of fused-ring (bicyclic) bond motifs is 1. The van der Waals surface area contributed by atoms with Crippen LogP contribution in [0, 0.1) is 5.92 Å². The van der Waals surface area contributed by atoms with Crippen LogP contribution in [-0.2, 0) is 25.5 Å². The minimum atomic E-state index is -0.606. The van der Waals surface area contributed by atoms with Gasteiger partial charge in [-0.1, -0.05) is 49.4 Å². The zero-order valence-electron chi connectivity index (χ0n) is 16.1. The number of carbonyl (C=O) groups excluding carboxylic acids is 3. The van der Waals surface area contributed by atoms with Crippen LogP contribution in [0.3, 0.4) is 0 Å². The minimum Gasteiger partial charge on any atom is -0.454 e. The Morgan fingerprint density at radius 3 is 2.57 bits per heavy atom. The van der Waals surface area contributed by atoms with Crippen molar-refractivity contribution in [3.05, 3.63) is 48.0 Å². The first-order chi connectivity index (χ1) is 13.5. The van der Waals surface area contributed by atoms with Gasteiger partial charge in [0.15, 0.2) is 6.61 Å². The maximum atomic E-state index is 12.2. The highest BCUT2D eigenvalue weighted by Gasteiger charge is 2.21. The zero-order chi connectivity index (χ0) is 19.9. The van der Waals surface area contributed by atoms with Gasteiger partial charge in [-0.3, -0.25) is 14.4 Å². The molecule has 1 fully saturated rings. The van der Waals surface area contributed by atoms with Crippen molar-refractivity contribution in [2.45, 2.75) is 26.2 Å². The summed E-state index contributed by atoms with van der Waals surface area (Å²) in [6.45, 7) is 3.07. The first-order valence-electron chi connectivity index (χ1n) is 9.69. The third-order valence-corrected chi connectivity index (χ3v) is 5.15. The summed E-state index contributed by atoms with van der Waals surface area (Å²) in [7, 11) is 0. The highest BCUT2D eigenvalue weighted by atomic mass is 16.5. The van der Waals surface area contributed by atoms with E-state index in [2.05, 4.69) is 12.2 Å². The molecular weight excluding hydrogens is 356 g/mol. The minimum absolute atomic E-state index is 0.178. The van der Waals surface area contributed by atoms with E-state index in [1.54, 1.807) is 4.90 Å². The second-order valence-corrected chi connectivity index (χ2v) is 7.32. The molecule has 1 aliphatic rings. The van der Waals surface area contributed by atoms with Crippen molar-refractivity contribution in [3.8, 4) is 0 Å². The molecule has 1 heterocycles. The van der Waals surface area contributed by atoms with Crippen molar-refractivity contribution in [2.75, 3.05) is 26.2 Å². The van der Waals surface area contributed by atoms with E-state index in [9.17, 15) is 14.4 Å². The fourth-order valence-electron chi connectivity index (χ4n) is 3.40. The smallest absolute Gasteiger partial charge is 0.325 e. The summed E-state index contributed by atoms with van der Waals surface area (Å²) in [6, 6.07) is 13.7. The molecule has 148 valence electrons. The fourth-order valence-corrected chi connectivity index (χ4v) is 3.40. The third kappa shape index (κ3) is 5.31. The molecule has 1 N–H and O–H groups in total. The molecule has 0 bridgehead atoms. The lowest BCUT2D eigenvalue weighted by atomic mass is 9.99. The Bertz CT molecular complexity index is 851. The molecule has 0 saturated carbocycles. The normalized spacial score (nSPS) is 14.7. The lowest BCUT2D eigenvalue weighted by Crippen LogP contribution is -2.41. The van der Waals surface area contributed by atoms with E-state index in [-0.39, 0.29) is 31.4 Å². The van der Waals surface area contributed by atoms with Gasteiger partial charge in [-0.15, -0.1) is 0 Å². The van der Waals surface area contributed by atoms with Crippen LogP contribution in [0.1, 0.15) is 25.3 Å². The topological polar surface area (TPSA) is 75.7 Å². The van der Waals surface area contributed by atoms with Gasteiger partial charge in [0.05, 0.1) is 6.42 Å². The molecule has 0 atom stereocenters. The van der Waals surface area contributed by atoms with Gasteiger partial charge in [-0.2, -0.15) is 0 Å². The third-order valence-electron chi connectivity index (χ3n) is 5.15. The van der Waals surface area contributed by atoms with Gasteiger partial charge in [0, 0.05) is 13.1 Å². The molecule has 0 unspecified atom stereocenters. The summed E-state index contributed by atoms with van der Waals surface area (Å²) in [4.78, 5) is 37.8. The molecule has 1 saturated heterocycles. The van der Waals surface area contributed by atoms with E-state index in [1.165, 1.54) is 0 Å². The van der Waals surface area contributed by atoms with Crippen LogP contribution in [0.4, 0.5) is 0 Å². The maximum absolute atomic E-state index is 12.2. The molecule has 2 amide bonds. The Kier molecular flexibility index (Phi) is 6.63. The van der Waals surface area contributed by atoms with Crippen LogP contribution < -0.4 is 5.32 Å². The molecule has 0 aromatic heterocycles. The molecule has 0 spiro atoms. The zero-order valence-corrected chi connectivity index (χ0v) is 16.1. The van der Waals surface area contributed by atoms with Crippen molar-refractivity contribution < 1.29 is 19.1 Å². The van der Waals surface area contributed by atoms with Crippen molar-refractivity contribution >= 4 is 28.6 Å². The molecule has 6 heteroatoms. The van der Waals surface area contributed by atoms with Crippen molar-refractivity contribution in [3.63, 3.8) is 0 Å². The number of hydrogen-bond donors (Lipinski definition) is 1. The molecule has 2 aromatic rings. The molecule has 2 aromatic carbocycles. The SMILES string of the molecule is CC1CCN(C(=O)COC(=O)CNC(=O)Cc2cccc3ccccc23)CC1. The largest absolute Gasteiger partial charge is 0.454 e. The first kappa shape index (κ1) is 19.9. The Labute approximate surface area is 164 Å². The molecule has 0 aliphatic carbocycles. The average Bonchev–Trinajstić information content (AvgIpc) is 2.71. The molecule has 28 heavy (non-hydrogen) atoms. The average molecular weight is 382 g/mol. The summed E-state index contributed by atoms with van der Waals surface area (Å²) in [5.74, 6) is -0.416. The number of carbonyl (C=O) groups is 3. The molecule has 0 radical (unpaired) electrons. The van der Waals surface area contributed by atoms with Crippen LogP contribution in [0.2, 0.25) is 0 Å². The van der Waals surface area contributed by atoms with Crippen LogP contribution in [-0.4, -0.2) is 48.9 Å². The van der Waals surface area contributed by atoms with Gasteiger partial charge >= 0.3 is 5.97 Å². The van der Waals surface area contributed by atoms with E-state index in [0.717, 1.165) is 29.2 Å². The van der Waals surface area contributed by atoms with Gasteiger partial charge in [-0.25, -0.2) is 0 Å². The number of hydrogen-bond acceptors (Lipinski definition) is 4. The lowest BCUT2D eigenvalue weighted by molar-refractivity contribution is -0.152. The Morgan fingerprint density at radius 1 is 1.07 bits per heavy atom. The van der Waals surface area contributed by atoms with E-state index < -0.39 is 5.97 Å². The molecule has 3 rings (SSSR count). The summed E-state index contributed by atoms with van der Waals surface area (Å²) in [5, 5.41) is 4.65. The number of esters is 1. The Hall–Kier alpha value is -2.89. The van der Waals surface area contributed by atoms with Crippen molar-refractivity contribution in [1.29, 1.82) is 0 Å². The van der Waals surface area contributed by atoms with Crippen LogP contribution in [0.25, 0.3) is 10.8 Å². The number of likely N-dealkylation sites (tertiary alicyclic amines) is 1. The van der Waals surface area contributed by atoms with Gasteiger partial charge < -0.3 is 15.0 Å². The fraction of sp³-hybridized carbons (Fsp3) is 0.409. The van der Waals surface area contributed by atoms with Crippen LogP contribution in [0.15, 0.2) is 42.5 Å². The van der Waals surface area contributed by atoms with Gasteiger partial charge in [0.25, 0.3) is 5.91 Å². The maximum Gasteiger partial charge on any atom is 0.325 e. The van der Waals surface area contributed by atoms with Gasteiger partial charge in [0.1, 0.15) is 6.54 Å². The summed E-state index contributed by atoms with van der Waals surface area (Å²) < 4.78 is 5.01. The highest BCUT2D eigenvalue weighted by molar-refractivity contribution is 5.91. The summed E-state index contributed by atoms with van der Waals surface area (Å²) in [5.41, 5.74) is 0.901. The number of nitrogens with one attached hydrogen (secondary N) is 1. The Balaban J connectivity index is 1.41. The molecule has 1 aliphatic heterocycles. The van der Waals surface area contributed by atoms with Crippen LogP contribution in [0.5, 0.6) is 0 Å². The summed E-state index contributed by atoms with van der Waals surface area (Å²) >= 11 is 0. The highest BCUT2D eigenvalue weighted by Crippen LogP contribution is 2.19. The number of rotatable bonds is 6. The van der Waals surface area contributed by atoms with Gasteiger partial charge in [-0.05, 0) is 35.1 Å². The van der Waals surface area contributed by atoms with E-state index in [0.29, 0.717) is 19.0 Å². The van der Waals surface area contributed by atoms with Gasteiger partial charge in [0.2, 0.25) is 5.91 Å². The Morgan fingerprint density at radius 2 is 1.79 bits per heavy atom. The van der Waals surface area contributed by atoms with Crippen molar-refractivity contribution in [1.82, 2.24) is 10.2 Å². The quantitative estimate of drug-likeness (QED) is 0.778. The van der Waals surface area contributed by atoms with E-state index >= 15 is 0 Å². The first-order valence-corrected chi connectivity index (χ1v) is 9.69. The standard InChI is InChI=1S/C22H26N2O4/c1-16-9-11-24(12-10-16)21(26)15-28-22(27)14-23-20(25)13-18-7-4-6-17-5-2-3-8-19(17)18/h2-8,16H,9-15H2,1H3,(H,23,25). The predicted molar refractivity (Wildman–Crippen MR) is 107 cm³/mol. The predicted octanol–water partition coefficient (Wildman–Crippen LogP) is 2.30. The monoisotopic (exact) mass is 382 g/mol. The molecule has 6 nitrogen and oxygen atoms in total. The number of benzene rings is 2. The lowest BCUT2D eigenvalue weighted by Gasteiger charge is -2.30. The molecular formula is C22H26N2O4. The number of amides is 2. The van der Waals surface area contributed by atoms with E-state index in [1.807, 2.05) is 42.5 Å². The number of nitrogens with zero attached hydrogens (tertiary/aromatic N) is 1. The van der Waals surface area contributed by atoms with E-state index in [4.69, 9.17) is 4.74 Å². The van der Waals surface area contributed by atoms with Crippen molar-refractivity contribution in [2.24, 2.45) is 5.92 Å². The number of piperidine rings is 1.